The summed E-state index contributed by atoms with van der Waals surface area (Å²) < 4.78 is 6.45. The third-order valence-electron chi connectivity index (χ3n) is 6.40. The number of hydrogen-bond donors (Lipinski definition) is 2. The van der Waals surface area contributed by atoms with Gasteiger partial charge in [-0.2, -0.15) is 0 Å². The van der Waals surface area contributed by atoms with Gasteiger partial charge in [-0.15, -0.1) is 0 Å². The lowest BCUT2D eigenvalue weighted by molar-refractivity contribution is -0.0588. The summed E-state index contributed by atoms with van der Waals surface area (Å²) in [5.74, 6) is 0.816. The summed E-state index contributed by atoms with van der Waals surface area (Å²) in [6, 6.07) is 9.35. The number of rotatable bonds is 3. The predicted molar refractivity (Wildman–Crippen MR) is 116 cm³/mol. The molecule has 2 heterocycles. The van der Waals surface area contributed by atoms with Crippen LogP contribution in [0, 0.1) is 13.8 Å². The smallest absolute Gasteiger partial charge is 0.126 e. The first-order valence-electron chi connectivity index (χ1n) is 10.1. The van der Waals surface area contributed by atoms with E-state index in [1.54, 1.807) is 12.1 Å². The molecule has 2 aromatic rings. The summed E-state index contributed by atoms with van der Waals surface area (Å²) in [7, 11) is 0. The lowest BCUT2D eigenvalue weighted by Gasteiger charge is -2.46. The molecule has 2 aromatic carbocycles. The minimum absolute atomic E-state index is 0.334. The number of fused-ring (bicyclic) bond motifs is 1. The molecule has 2 aliphatic rings. The summed E-state index contributed by atoms with van der Waals surface area (Å²) >= 11 is 12.0. The normalized spacial score (nSPS) is 22.2. The highest BCUT2D eigenvalue weighted by atomic mass is 35.5. The van der Waals surface area contributed by atoms with Crippen LogP contribution in [0.2, 0.25) is 10.0 Å². The van der Waals surface area contributed by atoms with Crippen LogP contribution in [0.25, 0.3) is 0 Å². The van der Waals surface area contributed by atoms with Crippen molar-refractivity contribution in [2.75, 3.05) is 19.6 Å². The first-order chi connectivity index (χ1) is 13.8. The highest BCUT2D eigenvalue weighted by molar-refractivity contribution is 6.42. The molecule has 0 bridgehead atoms. The van der Waals surface area contributed by atoms with Crippen molar-refractivity contribution in [3.8, 4) is 5.75 Å². The molecule has 0 aliphatic carbocycles. The highest BCUT2D eigenvalue weighted by Crippen LogP contribution is 2.45. The van der Waals surface area contributed by atoms with Crippen molar-refractivity contribution in [1.82, 2.24) is 4.90 Å². The number of β-amino-alcohol motifs (C(OH)–C–C–N with tert-alkyl or cyclic N) is 1. The topological polar surface area (TPSA) is 52.9 Å². The van der Waals surface area contributed by atoms with E-state index in [0.29, 0.717) is 23.0 Å². The Bertz CT molecular complexity index is 909. The van der Waals surface area contributed by atoms with Crippen LogP contribution < -0.4 is 4.74 Å². The zero-order valence-corrected chi connectivity index (χ0v) is 18.3. The molecule has 1 fully saturated rings. The van der Waals surface area contributed by atoms with E-state index in [9.17, 15) is 10.2 Å². The van der Waals surface area contributed by atoms with E-state index in [4.69, 9.17) is 27.9 Å². The van der Waals surface area contributed by atoms with Crippen LogP contribution in [0.5, 0.6) is 5.75 Å². The van der Waals surface area contributed by atoms with Crippen LogP contribution in [-0.4, -0.2) is 40.3 Å². The largest absolute Gasteiger partial charge is 0.487 e. The maximum Gasteiger partial charge on any atom is 0.126 e. The van der Waals surface area contributed by atoms with Crippen molar-refractivity contribution in [2.24, 2.45) is 0 Å². The molecule has 2 atom stereocenters. The second-order valence-electron chi connectivity index (χ2n) is 8.47. The molecule has 0 radical (unpaired) electrons. The number of aryl methyl sites for hydroxylation is 2. The van der Waals surface area contributed by atoms with E-state index in [1.807, 2.05) is 12.1 Å². The van der Waals surface area contributed by atoms with Crippen molar-refractivity contribution in [3.63, 3.8) is 0 Å². The first-order valence-corrected chi connectivity index (χ1v) is 10.9. The molecule has 1 spiro atoms. The third-order valence-corrected chi connectivity index (χ3v) is 7.14. The quantitative estimate of drug-likeness (QED) is 0.712. The Balaban J connectivity index is 1.41. The first kappa shape index (κ1) is 21.0. The second-order valence-corrected chi connectivity index (χ2v) is 9.28. The molecular weight excluding hydrogens is 409 g/mol. The molecule has 2 N–H and O–H groups in total. The lowest BCUT2D eigenvalue weighted by Crippen LogP contribution is -2.51. The Labute approximate surface area is 182 Å². The molecule has 156 valence electrons. The summed E-state index contributed by atoms with van der Waals surface area (Å²) in [4.78, 5) is 2.24. The number of likely N-dealkylation sites (tertiary alicyclic amines) is 1. The number of ether oxygens (including phenoxy) is 1. The number of aliphatic hydroxyl groups excluding tert-OH is 2. The number of aliphatic hydroxyl groups is 2. The maximum absolute atomic E-state index is 10.7. The molecule has 0 unspecified atom stereocenters. The number of hydrogen-bond acceptors (Lipinski definition) is 4. The fourth-order valence-electron chi connectivity index (χ4n) is 4.42. The predicted octanol–water partition coefficient (Wildman–Crippen LogP) is 4.99. The van der Waals surface area contributed by atoms with Gasteiger partial charge in [0.05, 0.1) is 22.3 Å². The van der Waals surface area contributed by atoms with E-state index in [-0.39, 0.29) is 5.60 Å². The third kappa shape index (κ3) is 4.28. The average Bonchev–Trinajstić information content (AvgIpc) is 2.68. The van der Waals surface area contributed by atoms with Crippen molar-refractivity contribution in [2.45, 2.75) is 50.9 Å². The van der Waals surface area contributed by atoms with E-state index in [1.165, 1.54) is 11.1 Å². The van der Waals surface area contributed by atoms with Gasteiger partial charge < -0.3 is 19.8 Å². The number of benzene rings is 2. The van der Waals surface area contributed by atoms with Gasteiger partial charge in [-0.1, -0.05) is 29.3 Å². The number of piperidine rings is 1. The summed E-state index contributed by atoms with van der Waals surface area (Å²) in [6.07, 6.45) is 1.15. The van der Waals surface area contributed by atoms with Gasteiger partial charge in [-0.25, -0.2) is 0 Å². The Hall–Kier alpha value is -1.30. The van der Waals surface area contributed by atoms with Crippen LogP contribution >= 0.6 is 23.2 Å². The van der Waals surface area contributed by atoms with Crippen molar-refractivity contribution in [1.29, 1.82) is 0 Å². The molecule has 29 heavy (non-hydrogen) atoms. The molecule has 0 aromatic heterocycles. The summed E-state index contributed by atoms with van der Waals surface area (Å²) in [5.41, 5.74) is 3.68. The Morgan fingerprint density at radius 3 is 2.48 bits per heavy atom. The Kier molecular flexibility index (Phi) is 5.84. The second kappa shape index (κ2) is 8.09. The number of nitrogens with zero attached hydrogens (tertiary/aromatic N) is 1. The summed E-state index contributed by atoms with van der Waals surface area (Å²) in [5, 5.41) is 22.3. The van der Waals surface area contributed by atoms with E-state index in [0.717, 1.165) is 42.8 Å². The van der Waals surface area contributed by atoms with Gasteiger partial charge in [-0.05, 0) is 67.6 Å². The van der Waals surface area contributed by atoms with Gasteiger partial charge in [0.15, 0.2) is 0 Å². The van der Waals surface area contributed by atoms with Gasteiger partial charge in [-0.3, -0.25) is 0 Å². The van der Waals surface area contributed by atoms with E-state index < -0.39 is 12.2 Å². The van der Waals surface area contributed by atoms with Crippen molar-refractivity contribution in [3.05, 3.63) is 62.6 Å². The van der Waals surface area contributed by atoms with Crippen LogP contribution in [0.3, 0.4) is 0 Å². The molecule has 2 aliphatic heterocycles. The molecular formula is C23H27Cl2NO3. The minimum Gasteiger partial charge on any atom is -0.487 e. The fraction of sp³-hybridized carbons (Fsp3) is 0.478. The maximum atomic E-state index is 10.7. The Morgan fingerprint density at radius 2 is 1.79 bits per heavy atom. The van der Waals surface area contributed by atoms with Gasteiger partial charge in [0.25, 0.3) is 0 Å². The van der Waals surface area contributed by atoms with Gasteiger partial charge >= 0.3 is 0 Å². The SMILES string of the molecule is Cc1cc2c(cc1C)[C@@H](O)CC1(CCN(C[C@@H](O)c3ccc(Cl)c(Cl)c3)CC1)O2. The van der Waals surface area contributed by atoms with Crippen molar-refractivity contribution < 1.29 is 14.9 Å². The molecule has 4 rings (SSSR count). The highest BCUT2D eigenvalue weighted by Gasteiger charge is 2.43. The molecule has 4 nitrogen and oxygen atoms in total. The Morgan fingerprint density at radius 1 is 1.10 bits per heavy atom. The monoisotopic (exact) mass is 435 g/mol. The molecule has 0 amide bonds. The minimum atomic E-state index is -0.622. The van der Waals surface area contributed by atoms with Crippen LogP contribution in [0.1, 0.15) is 53.7 Å². The van der Waals surface area contributed by atoms with Gasteiger partial charge in [0.1, 0.15) is 11.4 Å². The molecule has 1 saturated heterocycles. The summed E-state index contributed by atoms with van der Waals surface area (Å²) in [6.45, 7) is 6.28. The number of halogens is 2. The molecule has 0 saturated carbocycles. The van der Waals surface area contributed by atoms with Crippen molar-refractivity contribution >= 4 is 23.2 Å². The van der Waals surface area contributed by atoms with Gasteiger partial charge in [0.2, 0.25) is 0 Å². The zero-order valence-electron chi connectivity index (χ0n) is 16.8. The standard InChI is InChI=1S/C23H27Cl2NO3/c1-14-9-17-20(27)12-23(29-22(17)10-15(14)2)5-7-26(8-6-23)13-21(28)16-3-4-18(24)19(25)11-16/h3-4,9-11,20-21,27-28H,5-8,12-13H2,1-2H3/t20-,21+/m0/s1. The zero-order chi connectivity index (χ0) is 20.8. The van der Waals surface area contributed by atoms with E-state index in [2.05, 4.69) is 24.8 Å². The van der Waals surface area contributed by atoms with Crippen LogP contribution in [-0.2, 0) is 0 Å². The van der Waals surface area contributed by atoms with Gasteiger partial charge in [0, 0.05) is 31.6 Å². The fourth-order valence-corrected chi connectivity index (χ4v) is 4.72. The molecule has 6 heteroatoms. The lowest BCUT2D eigenvalue weighted by atomic mass is 9.81. The average molecular weight is 436 g/mol. The van der Waals surface area contributed by atoms with Crippen LogP contribution in [0.4, 0.5) is 0 Å². The van der Waals surface area contributed by atoms with Crippen LogP contribution in [0.15, 0.2) is 30.3 Å². The van der Waals surface area contributed by atoms with E-state index >= 15 is 0 Å².